The SMILES string of the molecule is CCN(C)[C@@H](C)c1cccc(OC(=O)N(C)CCC(Oc2ccc(C(F)(F)F)cc2)c2ccccc2)c1. The molecule has 1 amide bonds. The fraction of sp³-hybridized carbons (Fsp3) is 0.345. The summed E-state index contributed by atoms with van der Waals surface area (Å²) in [5.41, 5.74) is 1.16. The molecule has 0 spiro atoms. The van der Waals surface area contributed by atoms with Crippen molar-refractivity contribution in [2.45, 2.75) is 38.6 Å². The topological polar surface area (TPSA) is 42.0 Å². The van der Waals surface area contributed by atoms with Crippen molar-refractivity contribution >= 4 is 6.09 Å². The van der Waals surface area contributed by atoms with E-state index >= 15 is 0 Å². The van der Waals surface area contributed by atoms with Gasteiger partial charge in [-0.3, -0.25) is 4.90 Å². The summed E-state index contributed by atoms with van der Waals surface area (Å²) in [5, 5.41) is 0. The van der Waals surface area contributed by atoms with E-state index < -0.39 is 23.9 Å². The summed E-state index contributed by atoms with van der Waals surface area (Å²) in [6.07, 6.45) is -4.98. The van der Waals surface area contributed by atoms with Gasteiger partial charge in [-0.2, -0.15) is 13.2 Å². The third-order valence-corrected chi connectivity index (χ3v) is 6.38. The number of hydrogen-bond donors (Lipinski definition) is 0. The van der Waals surface area contributed by atoms with Crippen LogP contribution in [0.1, 0.15) is 49.1 Å². The van der Waals surface area contributed by atoms with E-state index in [1.165, 1.54) is 17.0 Å². The third-order valence-electron chi connectivity index (χ3n) is 6.38. The van der Waals surface area contributed by atoms with Crippen molar-refractivity contribution < 1.29 is 27.4 Å². The summed E-state index contributed by atoms with van der Waals surface area (Å²) in [4.78, 5) is 16.4. The van der Waals surface area contributed by atoms with Gasteiger partial charge in [0.1, 0.15) is 17.6 Å². The summed E-state index contributed by atoms with van der Waals surface area (Å²) < 4.78 is 50.4. The highest BCUT2D eigenvalue weighted by Crippen LogP contribution is 2.32. The number of benzene rings is 3. The van der Waals surface area contributed by atoms with Crippen molar-refractivity contribution in [3.8, 4) is 11.5 Å². The van der Waals surface area contributed by atoms with Gasteiger partial charge in [-0.25, -0.2) is 4.79 Å². The van der Waals surface area contributed by atoms with Crippen LogP contribution in [0.15, 0.2) is 78.9 Å². The van der Waals surface area contributed by atoms with Crippen molar-refractivity contribution in [1.29, 1.82) is 0 Å². The molecule has 0 saturated heterocycles. The molecule has 2 atom stereocenters. The first-order valence-electron chi connectivity index (χ1n) is 12.2. The average Bonchev–Trinajstić information content (AvgIpc) is 2.90. The minimum atomic E-state index is -4.41. The van der Waals surface area contributed by atoms with E-state index in [9.17, 15) is 18.0 Å². The molecule has 0 bridgehead atoms. The van der Waals surface area contributed by atoms with Gasteiger partial charge in [0.2, 0.25) is 0 Å². The van der Waals surface area contributed by atoms with Gasteiger partial charge >= 0.3 is 12.3 Å². The van der Waals surface area contributed by atoms with E-state index in [0.717, 1.165) is 29.8 Å². The molecule has 8 heteroatoms. The Hall–Kier alpha value is -3.52. The lowest BCUT2D eigenvalue weighted by Crippen LogP contribution is -2.32. The number of amides is 1. The predicted octanol–water partition coefficient (Wildman–Crippen LogP) is 7.36. The Kier molecular flexibility index (Phi) is 9.58. The van der Waals surface area contributed by atoms with Gasteiger partial charge in [0.05, 0.1) is 5.56 Å². The van der Waals surface area contributed by atoms with Crippen LogP contribution in [-0.4, -0.2) is 43.1 Å². The zero-order chi connectivity index (χ0) is 27.0. The van der Waals surface area contributed by atoms with Crippen LogP contribution < -0.4 is 9.47 Å². The van der Waals surface area contributed by atoms with Gasteiger partial charge in [-0.15, -0.1) is 0 Å². The van der Waals surface area contributed by atoms with Gasteiger partial charge in [-0.1, -0.05) is 49.4 Å². The Morgan fingerprint density at radius 1 is 0.892 bits per heavy atom. The van der Waals surface area contributed by atoms with E-state index in [2.05, 4.69) is 18.7 Å². The quantitative estimate of drug-likeness (QED) is 0.284. The van der Waals surface area contributed by atoms with E-state index in [4.69, 9.17) is 9.47 Å². The predicted molar refractivity (Wildman–Crippen MR) is 138 cm³/mol. The van der Waals surface area contributed by atoms with Gasteiger partial charge in [-0.05, 0) is 68.0 Å². The van der Waals surface area contributed by atoms with Crippen molar-refractivity contribution in [2.75, 3.05) is 27.2 Å². The van der Waals surface area contributed by atoms with Crippen LogP contribution in [0.3, 0.4) is 0 Å². The normalized spacial score (nSPS) is 13.2. The van der Waals surface area contributed by atoms with Crippen LogP contribution >= 0.6 is 0 Å². The Bertz CT molecular complexity index is 1140. The number of nitrogens with zero attached hydrogens (tertiary/aromatic N) is 2. The average molecular weight is 515 g/mol. The number of hydrogen-bond acceptors (Lipinski definition) is 4. The van der Waals surface area contributed by atoms with Crippen molar-refractivity contribution in [3.63, 3.8) is 0 Å². The van der Waals surface area contributed by atoms with Crippen LogP contribution in [-0.2, 0) is 6.18 Å². The van der Waals surface area contributed by atoms with Gasteiger partial charge in [0.25, 0.3) is 0 Å². The molecule has 0 N–H and O–H groups in total. The second-order valence-electron chi connectivity index (χ2n) is 8.94. The van der Waals surface area contributed by atoms with Crippen LogP contribution in [0.4, 0.5) is 18.0 Å². The zero-order valence-corrected chi connectivity index (χ0v) is 21.5. The molecule has 0 aliphatic rings. The van der Waals surface area contributed by atoms with Crippen LogP contribution in [0.5, 0.6) is 11.5 Å². The lowest BCUT2D eigenvalue weighted by Gasteiger charge is -2.24. The molecule has 5 nitrogen and oxygen atoms in total. The molecule has 3 rings (SSSR count). The molecule has 3 aromatic rings. The smallest absolute Gasteiger partial charge is 0.416 e. The lowest BCUT2D eigenvalue weighted by atomic mass is 10.1. The molecule has 0 saturated carbocycles. The summed E-state index contributed by atoms with van der Waals surface area (Å²) in [7, 11) is 3.67. The van der Waals surface area contributed by atoms with Gasteiger partial charge in [0, 0.05) is 26.1 Å². The van der Waals surface area contributed by atoms with E-state index in [-0.39, 0.29) is 6.04 Å². The van der Waals surface area contributed by atoms with Crippen LogP contribution in [0.25, 0.3) is 0 Å². The second kappa shape index (κ2) is 12.6. The first kappa shape index (κ1) is 28.1. The summed E-state index contributed by atoms with van der Waals surface area (Å²) in [5.74, 6) is 0.779. The highest BCUT2D eigenvalue weighted by atomic mass is 19.4. The molecule has 0 radical (unpaired) electrons. The number of alkyl halides is 3. The number of rotatable bonds is 10. The monoisotopic (exact) mass is 514 g/mol. The van der Waals surface area contributed by atoms with Crippen molar-refractivity contribution in [3.05, 3.63) is 95.6 Å². The maximum Gasteiger partial charge on any atom is 0.416 e. The highest BCUT2D eigenvalue weighted by molar-refractivity contribution is 5.70. The fourth-order valence-electron chi connectivity index (χ4n) is 3.80. The molecule has 0 aromatic heterocycles. The fourth-order valence-corrected chi connectivity index (χ4v) is 3.80. The Morgan fingerprint density at radius 3 is 2.16 bits per heavy atom. The molecular formula is C29H33F3N2O3. The first-order chi connectivity index (χ1) is 17.6. The highest BCUT2D eigenvalue weighted by Gasteiger charge is 2.30. The van der Waals surface area contributed by atoms with E-state index in [1.54, 1.807) is 13.1 Å². The zero-order valence-electron chi connectivity index (χ0n) is 21.5. The Balaban J connectivity index is 1.65. The van der Waals surface area contributed by atoms with Crippen LogP contribution in [0.2, 0.25) is 0 Å². The lowest BCUT2D eigenvalue weighted by molar-refractivity contribution is -0.137. The largest absolute Gasteiger partial charge is 0.486 e. The molecule has 1 unspecified atom stereocenters. The van der Waals surface area contributed by atoms with Gasteiger partial charge in [0.15, 0.2) is 0 Å². The van der Waals surface area contributed by atoms with Crippen molar-refractivity contribution in [2.24, 2.45) is 0 Å². The van der Waals surface area contributed by atoms with E-state index in [1.807, 2.05) is 55.6 Å². The number of halogens is 3. The standard InChI is InChI=1S/C29H33F3N2O3/c1-5-33(3)21(2)23-12-9-13-26(20-23)37-28(35)34(4)19-18-27(22-10-7-6-8-11-22)36-25-16-14-24(15-17-25)29(30,31)32/h6-17,20-21,27H,5,18-19H2,1-4H3/t21-,27?/m0/s1. The second-order valence-corrected chi connectivity index (χ2v) is 8.94. The summed E-state index contributed by atoms with van der Waals surface area (Å²) in [6.45, 7) is 5.38. The van der Waals surface area contributed by atoms with Gasteiger partial charge < -0.3 is 14.4 Å². The maximum atomic E-state index is 12.9. The maximum absolute atomic E-state index is 12.9. The van der Waals surface area contributed by atoms with Crippen LogP contribution in [0, 0.1) is 0 Å². The summed E-state index contributed by atoms with van der Waals surface area (Å²) >= 11 is 0. The molecule has 0 fully saturated rings. The summed E-state index contributed by atoms with van der Waals surface area (Å²) in [6, 6.07) is 21.6. The molecule has 3 aromatic carbocycles. The minimum absolute atomic E-state index is 0.176. The minimum Gasteiger partial charge on any atom is -0.486 e. The molecule has 0 heterocycles. The molecule has 37 heavy (non-hydrogen) atoms. The third kappa shape index (κ3) is 7.98. The molecule has 0 aliphatic carbocycles. The Labute approximate surface area is 216 Å². The molecule has 198 valence electrons. The number of carbonyl (C=O) groups is 1. The number of ether oxygens (including phenoxy) is 2. The Morgan fingerprint density at radius 2 is 1.54 bits per heavy atom. The first-order valence-corrected chi connectivity index (χ1v) is 12.2. The van der Waals surface area contributed by atoms with E-state index in [0.29, 0.717) is 24.5 Å². The van der Waals surface area contributed by atoms with Crippen molar-refractivity contribution in [1.82, 2.24) is 9.80 Å². The number of carbonyl (C=O) groups excluding carboxylic acids is 1. The molecular weight excluding hydrogens is 481 g/mol. The molecule has 0 aliphatic heterocycles.